The first-order valence-electron chi connectivity index (χ1n) is 7.52. The Morgan fingerprint density at radius 3 is 2.23 bits per heavy atom. The van der Waals surface area contributed by atoms with Crippen molar-refractivity contribution < 1.29 is 9.53 Å². The first-order chi connectivity index (χ1) is 10.7. The molecular formula is C18H20N2O2. The van der Waals surface area contributed by atoms with Crippen LogP contribution >= 0.6 is 0 Å². The number of rotatable bonds is 4. The van der Waals surface area contributed by atoms with Gasteiger partial charge in [-0.15, -0.1) is 0 Å². The molecule has 0 bridgehead atoms. The van der Waals surface area contributed by atoms with Crippen molar-refractivity contribution in [3.8, 4) is 11.1 Å². The van der Waals surface area contributed by atoms with Crippen LogP contribution in [0.2, 0.25) is 0 Å². The van der Waals surface area contributed by atoms with Gasteiger partial charge in [0, 0.05) is 18.5 Å². The third kappa shape index (κ3) is 2.70. The van der Waals surface area contributed by atoms with Gasteiger partial charge in [0.25, 0.3) is 0 Å². The number of carbonyl (C=O) groups is 1. The Hall–Kier alpha value is -2.33. The maximum absolute atomic E-state index is 11.8. The molecule has 3 rings (SSSR count). The third-order valence-electron chi connectivity index (χ3n) is 4.06. The molecule has 4 nitrogen and oxygen atoms in total. The van der Waals surface area contributed by atoms with E-state index in [-0.39, 0.29) is 12.0 Å². The fourth-order valence-corrected chi connectivity index (χ4v) is 2.90. The van der Waals surface area contributed by atoms with E-state index in [1.54, 1.807) is 0 Å². The summed E-state index contributed by atoms with van der Waals surface area (Å²) in [4.78, 5) is 11.8. The van der Waals surface area contributed by atoms with Crippen LogP contribution in [0.25, 0.3) is 11.1 Å². The minimum absolute atomic E-state index is 0.0874. The number of nitrogens with two attached hydrogens (primary N) is 1. The van der Waals surface area contributed by atoms with Gasteiger partial charge in [-0.05, 0) is 29.2 Å². The van der Waals surface area contributed by atoms with Gasteiger partial charge < -0.3 is 15.8 Å². The number of nitrogens with one attached hydrogen (secondary N) is 1. The zero-order chi connectivity index (χ0) is 15.5. The topological polar surface area (TPSA) is 64.3 Å². The number of hydrogen-bond acceptors (Lipinski definition) is 3. The van der Waals surface area contributed by atoms with Crippen molar-refractivity contribution >= 4 is 6.09 Å². The number of carbonyl (C=O) groups excluding carboxylic acids is 1. The molecule has 4 heteroatoms. The predicted molar refractivity (Wildman–Crippen MR) is 86.7 cm³/mol. The lowest BCUT2D eigenvalue weighted by Crippen LogP contribution is -2.38. The minimum Gasteiger partial charge on any atom is -0.449 e. The van der Waals surface area contributed by atoms with Crippen LogP contribution in [0.4, 0.5) is 4.79 Å². The molecule has 1 amide bonds. The molecule has 2 aromatic rings. The van der Waals surface area contributed by atoms with Crippen molar-refractivity contribution in [2.45, 2.75) is 18.9 Å². The highest BCUT2D eigenvalue weighted by molar-refractivity contribution is 5.79. The zero-order valence-corrected chi connectivity index (χ0v) is 12.6. The third-order valence-corrected chi connectivity index (χ3v) is 4.06. The largest absolute Gasteiger partial charge is 0.449 e. The Morgan fingerprint density at radius 1 is 1.14 bits per heavy atom. The van der Waals surface area contributed by atoms with Gasteiger partial charge in [-0.25, -0.2) is 4.79 Å². The smallest absolute Gasteiger partial charge is 0.407 e. The fourth-order valence-electron chi connectivity index (χ4n) is 2.90. The van der Waals surface area contributed by atoms with E-state index in [0.717, 1.165) is 0 Å². The second kappa shape index (κ2) is 6.20. The number of alkyl carbamates (subject to hydrolysis) is 1. The quantitative estimate of drug-likeness (QED) is 0.912. The standard InChI is InChI=1S/C18H20N2O2/c1-12(10-19)20-18(21)22-11-17-15-8-4-2-6-13(15)14-7-3-5-9-16(14)17/h2-9,12,17H,10-11,19H2,1H3,(H,20,21)/t12-/m0/s1. The number of benzene rings is 2. The van der Waals surface area contributed by atoms with Crippen LogP contribution in [0, 0.1) is 0 Å². The second-order valence-corrected chi connectivity index (χ2v) is 5.61. The van der Waals surface area contributed by atoms with E-state index in [0.29, 0.717) is 13.2 Å². The Kier molecular flexibility index (Phi) is 4.11. The van der Waals surface area contributed by atoms with Gasteiger partial charge >= 0.3 is 6.09 Å². The number of amides is 1. The van der Waals surface area contributed by atoms with Gasteiger partial charge in [-0.3, -0.25) is 0 Å². The maximum Gasteiger partial charge on any atom is 0.407 e. The Bertz CT molecular complexity index is 639. The Morgan fingerprint density at radius 2 is 1.68 bits per heavy atom. The van der Waals surface area contributed by atoms with Gasteiger partial charge in [0.2, 0.25) is 0 Å². The molecule has 0 unspecified atom stereocenters. The van der Waals surface area contributed by atoms with Crippen molar-refractivity contribution in [2.75, 3.05) is 13.2 Å². The van der Waals surface area contributed by atoms with E-state index < -0.39 is 6.09 Å². The lowest BCUT2D eigenvalue weighted by molar-refractivity contribution is 0.140. The van der Waals surface area contributed by atoms with Gasteiger partial charge in [0.15, 0.2) is 0 Å². The summed E-state index contributed by atoms with van der Waals surface area (Å²) < 4.78 is 5.41. The number of ether oxygens (including phenoxy) is 1. The second-order valence-electron chi connectivity index (χ2n) is 5.61. The average molecular weight is 296 g/mol. The number of fused-ring (bicyclic) bond motifs is 3. The van der Waals surface area contributed by atoms with Gasteiger partial charge in [0.1, 0.15) is 6.61 Å². The first kappa shape index (κ1) is 14.6. The molecule has 1 aliphatic rings. The van der Waals surface area contributed by atoms with Crippen LogP contribution in [0.3, 0.4) is 0 Å². The SMILES string of the molecule is C[C@@H](CN)NC(=O)OCC1c2ccccc2-c2ccccc21. The summed E-state index contributed by atoms with van der Waals surface area (Å²) in [5, 5.41) is 2.72. The predicted octanol–water partition coefficient (Wildman–Crippen LogP) is 2.87. The van der Waals surface area contributed by atoms with E-state index in [1.807, 2.05) is 31.2 Å². The van der Waals surface area contributed by atoms with Crippen LogP contribution in [-0.4, -0.2) is 25.3 Å². The van der Waals surface area contributed by atoms with Crippen molar-refractivity contribution in [1.82, 2.24) is 5.32 Å². The molecule has 1 atom stereocenters. The summed E-state index contributed by atoms with van der Waals surface area (Å²) in [6.45, 7) is 2.57. The number of hydrogen-bond donors (Lipinski definition) is 2. The molecule has 114 valence electrons. The molecule has 0 spiro atoms. The molecule has 0 aliphatic heterocycles. The highest BCUT2D eigenvalue weighted by Gasteiger charge is 2.28. The van der Waals surface area contributed by atoms with Gasteiger partial charge in [-0.1, -0.05) is 48.5 Å². The molecule has 0 saturated carbocycles. The summed E-state index contributed by atoms with van der Waals surface area (Å²) in [6.07, 6.45) is -0.417. The van der Waals surface area contributed by atoms with Crippen LogP contribution in [-0.2, 0) is 4.74 Å². The van der Waals surface area contributed by atoms with Gasteiger partial charge in [-0.2, -0.15) is 0 Å². The van der Waals surface area contributed by atoms with Crippen molar-refractivity contribution in [2.24, 2.45) is 5.73 Å². The van der Waals surface area contributed by atoms with Crippen molar-refractivity contribution in [1.29, 1.82) is 0 Å². The van der Waals surface area contributed by atoms with E-state index in [1.165, 1.54) is 22.3 Å². The monoisotopic (exact) mass is 296 g/mol. The highest BCUT2D eigenvalue weighted by Crippen LogP contribution is 2.44. The zero-order valence-electron chi connectivity index (χ0n) is 12.6. The summed E-state index contributed by atoms with van der Waals surface area (Å²) in [5.74, 6) is 0.0892. The lowest BCUT2D eigenvalue weighted by Gasteiger charge is -2.16. The van der Waals surface area contributed by atoms with E-state index in [2.05, 4.69) is 29.6 Å². The summed E-state index contributed by atoms with van der Waals surface area (Å²) in [5.41, 5.74) is 10.4. The molecule has 0 radical (unpaired) electrons. The molecule has 3 N–H and O–H groups in total. The van der Waals surface area contributed by atoms with Crippen LogP contribution in [0.15, 0.2) is 48.5 Å². The fraction of sp³-hybridized carbons (Fsp3) is 0.278. The van der Waals surface area contributed by atoms with E-state index in [9.17, 15) is 4.79 Å². The summed E-state index contributed by atoms with van der Waals surface area (Å²) in [7, 11) is 0. The van der Waals surface area contributed by atoms with Crippen LogP contribution in [0.1, 0.15) is 24.0 Å². The molecule has 2 aromatic carbocycles. The summed E-state index contributed by atoms with van der Waals surface area (Å²) >= 11 is 0. The molecule has 22 heavy (non-hydrogen) atoms. The van der Waals surface area contributed by atoms with E-state index >= 15 is 0 Å². The van der Waals surface area contributed by atoms with Gasteiger partial charge in [0.05, 0.1) is 0 Å². The lowest BCUT2D eigenvalue weighted by atomic mass is 9.98. The Balaban J connectivity index is 1.78. The van der Waals surface area contributed by atoms with Crippen LogP contribution in [0.5, 0.6) is 0 Å². The van der Waals surface area contributed by atoms with Crippen molar-refractivity contribution in [3.63, 3.8) is 0 Å². The Labute approximate surface area is 130 Å². The average Bonchev–Trinajstić information content (AvgIpc) is 2.87. The molecule has 0 saturated heterocycles. The molecule has 0 fully saturated rings. The maximum atomic E-state index is 11.8. The molecule has 1 aliphatic carbocycles. The minimum atomic E-state index is -0.417. The van der Waals surface area contributed by atoms with E-state index in [4.69, 9.17) is 10.5 Å². The normalized spacial score (nSPS) is 14.1. The van der Waals surface area contributed by atoms with Crippen LogP contribution < -0.4 is 11.1 Å². The highest BCUT2D eigenvalue weighted by atomic mass is 16.5. The molecule has 0 heterocycles. The molecular weight excluding hydrogens is 276 g/mol. The first-order valence-corrected chi connectivity index (χ1v) is 7.52. The molecule has 0 aromatic heterocycles. The summed E-state index contributed by atoms with van der Waals surface area (Å²) in [6, 6.07) is 16.5. The van der Waals surface area contributed by atoms with Crippen molar-refractivity contribution in [3.05, 3.63) is 59.7 Å².